The molecule has 3 rings (SSSR count). The highest BCUT2D eigenvalue weighted by Crippen LogP contribution is 2.28. The van der Waals surface area contributed by atoms with Crippen LogP contribution in [0, 0.1) is 6.92 Å². The molecule has 0 aliphatic carbocycles. The number of hydrogen-bond donors (Lipinski definition) is 1. The maximum Gasteiger partial charge on any atom is 0.150 e. The molecule has 5 nitrogen and oxygen atoms in total. The molecule has 2 aromatic rings. The number of rotatable bonds is 7. The molecular formula is C23H29NO4S. The topological polar surface area (TPSA) is 76.0 Å². The first-order valence-corrected chi connectivity index (χ1v) is 11.9. The summed E-state index contributed by atoms with van der Waals surface area (Å²) in [6.45, 7) is 5.57. The lowest BCUT2D eigenvalue weighted by Crippen LogP contribution is -2.23. The van der Waals surface area contributed by atoms with Crippen LogP contribution in [0.5, 0.6) is 0 Å². The Bertz CT molecular complexity index is 994. The highest BCUT2D eigenvalue weighted by atomic mass is 32.2. The van der Waals surface area contributed by atoms with Gasteiger partial charge in [0.2, 0.25) is 0 Å². The Hall–Kier alpha value is -2.18. The van der Waals surface area contributed by atoms with Crippen LogP contribution in [0.15, 0.2) is 47.6 Å². The first kappa shape index (κ1) is 21.5. The molecule has 156 valence electrons. The molecule has 1 heterocycles. The third-order valence-corrected chi connectivity index (χ3v) is 7.07. The van der Waals surface area contributed by atoms with E-state index in [1.807, 2.05) is 6.07 Å². The van der Waals surface area contributed by atoms with E-state index in [-0.39, 0.29) is 12.2 Å². The summed E-state index contributed by atoms with van der Waals surface area (Å²) in [5, 5.41) is 13.3. The van der Waals surface area contributed by atoms with Gasteiger partial charge in [-0.15, -0.1) is 0 Å². The molecule has 0 bridgehead atoms. The van der Waals surface area contributed by atoms with Crippen LogP contribution in [0.1, 0.15) is 43.4 Å². The van der Waals surface area contributed by atoms with E-state index in [1.165, 1.54) is 6.26 Å². The average molecular weight is 416 g/mol. The third kappa shape index (κ3) is 5.46. The fourth-order valence-corrected chi connectivity index (χ4v) is 4.16. The van der Waals surface area contributed by atoms with E-state index in [0.717, 1.165) is 33.5 Å². The number of benzene rings is 2. The molecule has 1 aliphatic rings. The van der Waals surface area contributed by atoms with Gasteiger partial charge in [0, 0.05) is 19.1 Å². The van der Waals surface area contributed by atoms with Crippen molar-refractivity contribution in [1.29, 1.82) is 0 Å². The molecule has 0 spiro atoms. The Kier molecular flexibility index (Phi) is 6.44. The molecule has 1 N–H and O–H groups in total. The van der Waals surface area contributed by atoms with Crippen LogP contribution < -0.4 is 0 Å². The van der Waals surface area contributed by atoms with Crippen molar-refractivity contribution in [3.8, 4) is 11.1 Å². The van der Waals surface area contributed by atoms with Crippen LogP contribution in [-0.4, -0.2) is 42.9 Å². The predicted molar refractivity (Wildman–Crippen MR) is 117 cm³/mol. The molecule has 29 heavy (non-hydrogen) atoms. The first-order valence-electron chi connectivity index (χ1n) is 9.93. The number of sulfone groups is 1. The Morgan fingerprint density at radius 2 is 1.79 bits per heavy atom. The normalized spacial score (nSPS) is 18.8. The molecule has 0 radical (unpaired) electrons. The number of aliphatic hydroxyl groups excluding tert-OH is 1. The van der Waals surface area contributed by atoms with Crippen molar-refractivity contribution in [3.63, 3.8) is 0 Å². The van der Waals surface area contributed by atoms with Crippen molar-refractivity contribution < 1.29 is 18.4 Å². The van der Waals surface area contributed by atoms with Gasteiger partial charge in [0.25, 0.3) is 0 Å². The quantitative estimate of drug-likeness (QED) is 0.744. The summed E-state index contributed by atoms with van der Waals surface area (Å²) < 4.78 is 23.3. The van der Waals surface area contributed by atoms with E-state index < -0.39 is 15.1 Å². The monoisotopic (exact) mass is 415 g/mol. The Balaban J connectivity index is 1.70. The van der Waals surface area contributed by atoms with Crippen molar-refractivity contribution in [2.45, 2.75) is 57.5 Å². The van der Waals surface area contributed by atoms with E-state index in [1.54, 1.807) is 13.8 Å². The summed E-state index contributed by atoms with van der Waals surface area (Å²) >= 11 is 0. The van der Waals surface area contributed by atoms with Crippen LogP contribution in [0.3, 0.4) is 0 Å². The van der Waals surface area contributed by atoms with Gasteiger partial charge >= 0.3 is 0 Å². The minimum Gasteiger partial charge on any atom is -0.393 e. The highest BCUT2D eigenvalue weighted by Gasteiger charge is 2.27. The zero-order valence-electron chi connectivity index (χ0n) is 17.4. The fourth-order valence-electron chi connectivity index (χ4n) is 3.60. The third-order valence-electron chi connectivity index (χ3n) is 5.41. The van der Waals surface area contributed by atoms with Gasteiger partial charge in [0.1, 0.15) is 15.9 Å². The molecule has 1 aliphatic heterocycles. The maximum atomic E-state index is 11.7. The van der Waals surface area contributed by atoms with Crippen molar-refractivity contribution in [1.82, 2.24) is 0 Å². The van der Waals surface area contributed by atoms with Gasteiger partial charge in [-0.3, -0.25) is 0 Å². The van der Waals surface area contributed by atoms with Crippen molar-refractivity contribution in [2.24, 2.45) is 5.16 Å². The average Bonchev–Trinajstić information content (AvgIpc) is 3.10. The van der Waals surface area contributed by atoms with Gasteiger partial charge in [-0.05, 0) is 61.1 Å². The van der Waals surface area contributed by atoms with Crippen molar-refractivity contribution in [3.05, 3.63) is 59.2 Å². The summed E-state index contributed by atoms with van der Waals surface area (Å²) in [6.07, 6.45) is 2.43. The molecule has 0 aromatic heterocycles. The minimum absolute atomic E-state index is 0.198. The maximum absolute atomic E-state index is 11.7. The lowest BCUT2D eigenvalue weighted by atomic mass is 9.94. The lowest BCUT2D eigenvalue weighted by Gasteiger charge is -2.13. The number of oxime groups is 1. The highest BCUT2D eigenvalue weighted by molar-refractivity contribution is 7.91. The number of hydrogen-bond acceptors (Lipinski definition) is 5. The molecule has 2 aromatic carbocycles. The molecule has 3 atom stereocenters. The first-order chi connectivity index (χ1) is 13.6. The summed E-state index contributed by atoms with van der Waals surface area (Å²) in [7, 11) is -3.07. The summed E-state index contributed by atoms with van der Waals surface area (Å²) in [6, 6.07) is 14.5. The van der Waals surface area contributed by atoms with Gasteiger partial charge in [0.05, 0.1) is 17.1 Å². The number of aliphatic hydroxyl groups is 1. The van der Waals surface area contributed by atoms with E-state index >= 15 is 0 Å². The number of aryl methyl sites for hydroxylation is 1. The van der Waals surface area contributed by atoms with Crippen molar-refractivity contribution in [2.75, 3.05) is 6.26 Å². The molecule has 0 amide bonds. The van der Waals surface area contributed by atoms with Gasteiger partial charge in [0.15, 0.2) is 0 Å². The number of nitrogens with zero attached hydrogens (tertiary/aromatic N) is 1. The summed E-state index contributed by atoms with van der Waals surface area (Å²) in [5.74, 6) is 0. The van der Waals surface area contributed by atoms with Gasteiger partial charge in [-0.2, -0.15) is 0 Å². The van der Waals surface area contributed by atoms with Gasteiger partial charge in [-0.25, -0.2) is 8.42 Å². The molecular weight excluding hydrogens is 386 g/mol. The van der Waals surface area contributed by atoms with E-state index in [0.29, 0.717) is 19.3 Å². The van der Waals surface area contributed by atoms with Crippen LogP contribution in [-0.2, 0) is 21.1 Å². The van der Waals surface area contributed by atoms with Gasteiger partial charge in [-0.1, -0.05) is 41.6 Å². The summed E-state index contributed by atoms with van der Waals surface area (Å²) in [5.41, 5.74) is 6.40. The molecule has 6 heteroatoms. The van der Waals surface area contributed by atoms with Crippen LogP contribution in [0.2, 0.25) is 0 Å². The predicted octanol–water partition coefficient (Wildman–Crippen LogP) is 3.90. The molecule has 1 unspecified atom stereocenters. The van der Waals surface area contributed by atoms with Crippen LogP contribution in [0.25, 0.3) is 11.1 Å². The van der Waals surface area contributed by atoms with E-state index in [2.05, 4.69) is 48.5 Å². The second-order valence-electron chi connectivity index (χ2n) is 8.13. The molecule has 0 saturated carbocycles. The van der Waals surface area contributed by atoms with Crippen LogP contribution in [0.4, 0.5) is 0 Å². The largest absolute Gasteiger partial charge is 0.393 e. The Labute approximate surface area is 173 Å². The van der Waals surface area contributed by atoms with Crippen LogP contribution >= 0.6 is 0 Å². The zero-order chi connectivity index (χ0) is 21.2. The molecule has 0 fully saturated rings. The standard InChI is InChI=1S/C23H29NO4S/c1-15-11-20(23-14-21(28-24-23)13-17(3)29(4,26)27)9-10-22(15)19-7-5-18(6-8-19)12-16(2)25/h5-11,16-17,21,25H,12-14H2,1-4H3/t16-,17?,21+/m1/s1. The Morgan fingerprint density at radius 1 is 1.14 bits per heavy atom. The second-order valence-corrected chi connectivity index (χ2v) is 10.6. The minimum atomic E-state index is -3.07. The van der Waals surface area contributed by atoms with E-state index in [9.17, 15) is 13.5 Å². The lowest BCUT2D eigenvalue weighted by molar-refractivity contribution is 0.0792. The molecule has 0 saturated heterocycles. The zero-order valence-corrected chi connectivity index (χ0v) is 18.2. The summed E-state index contributed by atoms with van der Waals surface area (Å²) in [4.78, 5) is 5.49. The smallest absolute Gasteiger partial charge is 0.150 e. The van der Waals surface area contributed by atoms with Gasteiger partial charge < -0.3 is 9.94 Å². The fraction of sp³-hybridized carbons (Fsp3) is 0.435. The Morgan fingerprint density at radius 3 is 2.38 bits per heavy atom. The second kappa shape index (κ2) is 8.67. The van der Waals surface area contributed by atoms with Crippen molar-refractivity contribution >= 4 is 15.5 Å². The SMILES string of the molecule is Cc1cc(C2=NO[C@@H](CC(C)S(C)(=O)=O)C2)ccc1-c1ccc(C[C@@H](C)O)cc1. The van der Waals surface area contributed by atoms with E-state index in [4.69, 9.17) is 4.84 Å².